The van der Waals surface area contributed by atoms with Crippen molar-refractivity contribution >= 4 is 17.0 Å². The van der Waals surface area contributed by atoms with Gasteiger partial charge in [-0.25, -0.2) is 14.4 Å². The number of aromatic nitrogens is 3. The summed E-state index contributed by atoms with van der Waals surface area (Å²) in [6, 6.07) is 16.5. The fraction of sp³-hybridized carbons (Fsp3) is 0.167. The van der Waals surface area contributed by atoms with Crippen molar-refractivity contribution in [2.75, 3.05) is 11.9 Å². The SMILES string of the molecule is CC(C)N(C)c1nc2cc(C#Cc3ccc(-c4ccc(F)cc4)cn3)ccc2[nH]1. The average Bonchev–Trinajstić information content (AvgIpc) is 3.16. The zero-order chi connectivity index (χ0) is 20.4. The molecule has 0 spiro atoms. The lowest BCUT2D eigenvalue weighted by Gasteiger charge is -2.19. The molecule has 0 radical (unpaired) electrons. The summed E-state index contributed by atoms with van der Waals surface area (Å²) in [6.45, 7) is 4.25. The van der Waals surface area contributed by atoms with Gasteiger partial charge in [0.25, 0.3) is 0 Å². The van der Waals surface area contributed by atoms with Gasteiger partial charge in [0.1, 0.15) is 11.5 Å². The Morgan fingerprint density at radius 3 is 2.41 bits per heavy atom. The summed E-state index contributed by atoms with van der Waals surface area (Å²) in [6.07, 6.45) is 1.75. The van der Waals surface area contributed by atoms with Crippen LogP contribution in [0.15, 0.2) is 60.8 Å². The molecule has 1 N–H and O–H groups in total. The Kier molecular flexibility index (Phi) is 5.01. The summed E-state index contributed by atoms with van der Waals surface area (Å²) < 4.78 is 13.1. The molecule has 0 aliphatic carbocycles. The van der Waals surface area contributed by atoms with E-state index in [1.807, 2.05) is 37.4 Å². The Hall–Kier alpha value is -3.65. The summed E-state index contributed by atoms with van der Waals surface area (Å²) in [7, 11) is 2.02. The first-order valence-corrected chi connectivity index (χ1v) is 9.46. The highest BCUT2D eigenvalue weighted by molar-refractivity contribution is 5.79. The van der Waals surface area contributed by atoms with Crippen LogP contribution in [0.5, 0.6) is 0 Å². The van der Waals surface area contributed by atoms with Crippen LogP contribution in [0.1, 0.15) is 25.1 Å². The lowest BCUT2D eigenvalue weighted by atomic mass is 10.1. The first-order chi connectivity index (χ1) is 14.0. The van der Waals surface area contributed by atoms with E-state index in [9.17, 15) is 4.39 Å². The van der Waals surface area contributed by atoms with Gasteiger partial charge in [-0.2, -0.15) is 0 Å². The van der Waals surface area contributed by atoms with Crippen LogP contribution in [0, 0.1) is 17.7 Å². The molecular formula is C24H21FN4. The quantitative estimate of drug-likeness (QED) is 0.505. The van der Waals surface area contributed by atoms with Gasteiger partial charge in [0, 0.05) is 30.4 Å². The normalized spacial score (nSPS) is 10.8. The van der Waals surface area contributed by atoms with Gasteiger partial charge in [-0.3, -0.25) is 0 Å². The number of H-pyrrole nitrogens is 1. The van der Waals surface area contributed by atoms with Crippen LogP contribution in [0.4, 0.5) is 10.3 Å². The Morgan fingerprint density at radius 1 is 0.966 bits per heavy atom. The van der Waals surface area contributed by atoms with Gasteiger partial charge in [-0.05, 0) is 61.7 Å². The number of benzene rings is 2. The molecule has 144 valence electrons. The van der Waals surface area contributed by atoms with Crippen molar-refractivity contribution in [1.29, 1.82) is 0 Å². The number of imidazole rings is 1. The fourth-order valence-electron chi connectivity index (χ4n) is 2.90. The smallest absolute Gasteiger partial charge is 0.203 e. The molecule has 5 heteroatoms. The van der Waals surface area contributed by atoms with E-state index in [1.54, 1.807) is 18.3 Å². The largest absolute Gasteiger partial charge is 0.343 e. The van der Waals surface area contributed by atoms with E-state index in [0.29, 0.717) is 11.7 Å². The highest BCUT2D eigenvalue weighted by Gasteiger charge is 2.10. The summed E-state index contributed by atoms with van der Waals surface area (Å²) in [5, 5.41) is 0. The maximum absolute atomic E-state index is 13.1. The molecule has 4 nitrogen and oxygen atoms in total. The monoisotopic (exact) mass is 384 g/mol. The number of halogens is 1. The van der Waals surface area contributed by atoms with Gasteiger partial charge in [-0.1, -0.05) is 24.1 Å². The molecule has 0 amide bonds. The summed E-state index contributed by atoms with van der Waals surface area (Å²) in [4.78, 5) is 14.5. The molecule has 4 rings (SSSR count). The molecule has 0 fully saturated rings. The van der Waals surface area contributed by atoms with E-state index in [2.05, 4.69) is 45.5 Å². The first kappa shape index (κ1) is 18.7. The molecule has 4 aromatic rings. The summed E-state index contributed by atoms with van der Waals surface area (Å²) >= 11 is 0. The average molecular weight is 384 g/mol. The Labute approximate surface area is 169 Å². The van der Waals surface area contributed by atoms with Gasteiger partial charge < -0.3 is 9.88 Å². The maximum Gasteiger partial charge on any atom is 0.203 e. The minimum absolute atomic E-state index is 0.249. The molecule has 2 heterocycles. The van der Waals surface area contributed by atoms with E-state index < -0.39 is 0 Å². The van der Waals surface area contributed by atoms with Crippen molar-refractivity contribution in [3.8, 4) is 23.0 Å². The number of fused-ring (bicyclic) bond motifs is 1. The van der Waals surface area contributed by atoms with E-state index in [0.717, 1.165) is 33.7 Å². The van der Waals surface area contributed by atoms with Crippen molar-refractivity contribution in [3.05, 3.63) is 77.9 Å². The predicted octanol–water partition coefficient (Wildman–Crippen LogP) is 5.01. The number of rotatable bonds is 3. The molecule has 0 saturated carbocycles. The fourth-order valence-corrected chi connectivity index (χ4v) is 2.90. The number of anilines is 1. The predicted molar refractivity (Wildman–Crippen MR) is 115 cm³/mol. The first-order valence-electron chi connectivity index (χ1n) is 9.46. The van der Waals surface area contributed by atoms with E-state index in [-0.39, 0.29) is 5.82 Å². The molecule has 0 saturated heterocycles. The molecule has 29 heavy (non-hydrogen) atoms. The second kappa shape index (κ2) is 7.76. The van der Waals surface area contributed by atoms with Crippen molar-refractivity contribution in [3.63, 3.8) is 0 Å². The second-order valence-electron chi connectivity index (χ2n) is 7.19. The third kappa shape index (κ3) is 4.12. The molecule has 0 unspecified atom stereocenters. The van der Waals surface area contributed by atoms with Crippen LogP contribution < -0.4 is 4.90 Å². The third-order valence-corrected chi connectivity index (χ3v) is 4.86. The number of hydrogen-bond acceptors (Lipinski definition) is 3. The second-order valence-corrected chi connectivity index (χ2v) is 7.19. The van der Waals surface area contributed by atoms with Crippen LogP contribution in [-0.4, -0.2) is 28.0 Å². The number of nitrogens with zero attached hydrogens (tertiary/aromatic N) is 3. The molecule has 2 aromatic heterocycles. The minimum Gasteiger partial charge on any atom is -0.343 e. The van der Waals surface area contributed by atoms with Gasteiger partial charge in [-0.15, -0.1) is 0 Å². The van der Waals surface area contributed by atoms with E-state index in [4.69, 9.17) is 0 Å². The molecule has 0 bridgehead atoms. The van der Waals surface area contributed by atoms with Gasteiger partial charge in [0.15, 0.2) is 0 Å². The maximum atomic E-state index is 13.1. The Balaban J connectivity index is 1.55. The molecule has 0 atom stereocenters. The molecule has 0 aliphatic heterocycles. The highest BCUT2D eigenvalue weighted by atomic mass is 19.1. The molecule has 0 aliphatic rings. The zero-order valence-electron chi connectivity index (χ0n) is 16.6. The van der Waals surface area contributed by atoms with Gasteiger partial charge in [0.2, 0.25) is 5.95 Å². The summed E-state index contributed by atoms with van der Waals surface area (Å²) in [5.41, 5.74) is 5.28. The highest BCUT2D eigenvalue weighted by Crippen LogP contribution is 2.20. The molecule has 2 aromatic carbocycles. The van der Waals surface area contributed by atoms with Crippen LogP contribution in [0.3, 0.4) is 0 Å². The van der Waals surface area contributed by atoms with Gasteiger partial charge >= 0.3 is 0 Å². The third-order valence-electron chi connectivity index (χ3n) is 4.86. The van der Waals surface area contributed by atoms with Crippen molar-refractivity contribution in [2.24, 2.45) is 0 Å². The van der Waals surface area contributed by atoms with Gasteiger partial charge in [0.05, 0.1) is 11.0 Å². The standard InChI is InChI=1S/C24H21FN4/c1-16(2)29(3)24-27-22-13-5-17(14-23(22)28-24)4-11-21-12-8-19(15-26-21)18-6-9-20(25)10-7-18/h5-10,12-16H,1-3H3,(H,27,28). The number of nitrogens with one attached hydrogen (secondary N) is 1. The van der Waals surface area contributed by atoms with Crippen molar-refractivity contribution in [2.45, 2.75) is 19.9 Å². The van der Waals surface area contributed by atoms with Crippen molar-refractivity contribution in [1.82, 2.24) is 15.0 Å². The Morgan fingerprint density at radius 2 is 1.72 bits per heavy atom. The van der Waals surface area contributed by atoms with Crippen LogP contribution >= 0.6 is 0 Å². The number of hydrogen-bond donors (Lipinski definition) is 1. The number of pyridine rings is 1. The van der Waals surface area contributed by atoms with Crippen LogP contribution in [-0.2, 0) is 0 Å². The van der Waals surface area contributed by atoms with Crippen LogP contribution in [0.2, 0.25) is 0 Å². The lowest BCUT2D eigenvalue weighted by Crippen LogP contribution is -2.26. The minimum atomic E-state index is -0.249. The summed E-state index contributed by atoms with van der Waals surface area (Å²) in [5.74, 6) is 6.84. The molecular weight excluding hydrogens is 363 g/mol. The van der Waals surface area contributed by atoms with Crippen molar-refractivity contribution < 1.29 is 4.39 Å². The zero-order valence-corrected chi connectivity index (χ0v) is 16.6. The van der Waals surface area contributed by atoms with E-state index in [1.165, 1.54) is 12.1 Å². The Bertz CT molecular complexity index is 1200. The topological polar surface area (TPSA) is 44.8 Å². The number of aromatic amines is 1. The lowest BCUT2D eigenvalue weighted by molar-refractivity contribution is 0.628. The van der Waals surface area contributed by atoms with Crippen LogP contribution in [0.25, 0.3) is 22.2 Å². The van der Waals surface area contributed by atoms with E-state index >= 15 is 0 Å².